The van der Waals surface area contributed by atoms with E-state index in [1.165, 1.54) is 11.1 Å². The van der Waals surface area contributed by atoms with Gasteiger partial charge in [0.2, 0.25) is 0 Å². The van der Waals surface area contributed by atoms with Crippen LogP contribution in [0.5, 0.6) is 0 Å². The average Bonchev–Trinajstić information content (AvgIpc) is 2.76. The predicted molar refractivity (Wildman–Crippen MR) is 138 cm³/mol. The van der Waals surface area contributed by atoms with Gasteiger partial charge in [-0.25, -0.2) is 5.11 Å². The molecule has 1 atom stereocenters. The zero-order valence-electron chi connectivity index (χ0n) is 21.5. The van der Waals surface area contributed by atoms with E-state index in [2.05, 4.69) is 76.8 Å². The van der Waals surface area contributed by atoms with Gasteiger partial charge in [-0.05, 0) is 68.4 Å². The lowest BCUT2D eigenvalue weighted by Gasteiger charge is -2.54. The Hall–Kier alpha value is -2.65. The molecule has 175 valence electrons. The first kappa shape index (κ1) is 25.0. The molecule has 0 fully saturated rings. The minimum absolute atomic E-state index is 0.0536. The number of para-hydroxylation sites is 1. The normalized spacial score (nSPS) is 14.1. The van der Waals surface area contributed by atoms with Crippen molar-refractivity contribution in [2.75, 3.05) is 4.90 Å². The number of hydrogen-bond acceptors (Lipinski definition) is 2. The third kappa shape index (κ3) is 4.44. The molecule has 0 N–H and O–H groups in total. The summed E-state index contributed by atoms with van der Waals surface area (Å²) >= 11 is 0. The maximum Gasteiger partial charge on any atom is 0.140 e. The quantitative estimate of drug-likeness (QED) is 0.358. The van der Waals surface area contributed by atoms with Crippen LogP contribution in [0, 0.1) is 0 Å². The van der Waals surface area contributed by atoms with Crippen LogP contribution in [0.3, 0.4) is 0 Å². The summed E-state index contributed by atoms with van der Waals surface area (Å²) in [6, 6.07) is 22.8. The van der Waals surface area contributed by atoms with Crippen molar-refractivity contribution in [3.8, 4) is 0 Å². The van der Waals surface area contributed by atoms with Crippen LogP contribution in [0.2, 0.25) is 0 Å². The first-order chi connectivity index (χ1) is 15.5. The molecule has 0 saturated carbocycles. The Bertz CT molecular complexity index is 968. The fourth-order valence-electron chi connectivity index (χ4n) is 5.22. The summed E-state index contributed by atoms with van der Waals surface area (Å²) < 4.78 is 0. The van der Waals surface area contributed by atoms with Crippen molar-refractivity contribution in [2.24, 2.45) is 0 Å². The summed E-state index contributed by atoms with van der Waals surface area (Å²) in [6.45, 7) is 16.9. The number of nitrogens with zero attached hydrogens (tertiary/aromatic N) is 2. The maximum absolute atomic E-state index is 14.5. The van der Waals surface area contributed by atoms with E-state index in [0.717, 1.165) is 16.9 Å². The summed E-state index contributed by atoms with van der Waals surface area (Å²) in [5.41, 5.74) is 3.01. The van der Waals surface area contributed by atoms with Gasteiger partial charge in [-0.3, -0.25) is 4.98 Å². The summed E-state index contributed by atoms with van der Waals surface area (Å²) in [4.78, 5) is 7.21. The highest BCUT2D eigenvalue weighted by molar-refractivity contribution is 5.67. The van der Waals surface area contributed by atoms with Crippen molar-refractivity contribution in [3.63, 3.8) is 0 Å². The molecule has 1 aromatic heterocycles. The summed E-state index contributed by atoms with van der Waals surface area (Å²) in [7, 11) is 0. The molecule has 2 aromatic carbocycles. The number of rotatable bonds is 8. The van der Waals surface area contributed by atoms with E-state index in [0.29, 0.717) is 11.8 Å². The van der Waals surface area contributed by atoms with Crippen LogP contribution in [0.4, 0.5) is 5.69 Å². The van der Waals surface area contributed by atoms with E-state index in [-0.39, 0.29) is 6.04 Å². The van der Waals surface area contributed by atoms with E-state index in [1.54, 1.807) is 20.0 Å². The molecular weight excluding hydrogens is 404 g/mol. The molecule has 1 unspecified atom stereocenters. The Morgan fingerprint density at radius 2 is 1.27 bits per heavy atom. The molecule has 1 radical (unpaired) electrons. The van der Waals surface area contributed by atoms with Crippen LogP contribution in [-0.2, 0) is 10.6 Å². The molecule has 0 amide bonds. The molecule has 0 spiro atoms. The second-order valence-corrected chi connectivity index (χ2v) is 10.4. The monoisotopic (exact) mass is 443 g/mol. The van der Waals surface area contributed by atoms with Crippen LogP contribution in [0.1, 0.15) is 89.6 Å². The van der Waals surface area contributed by atoms with Gasteiger partial charge < -0.3 is 4.90 Å². The van der Waals surface area contributed by atoms with Gasteiger partial charge in [0.05, 0.1) is 5.69 Å². The van der Waals surface area contributed by atoms with Gasteiger partial charge in [-0.15, -0.1) is 0 Å². The van der Waals surface area contributed by atoms with Crippen LogP contribution >= 0.6 is 0 Å². The van der Waals surface area contributed by atoms with Crippen molar-refractivity contribution in [2.45, 2.75) is 84.4 Å². The Labute approximate surface area is 200 Å². The second kappa shape index (κ2) is 9.69. The van der Waals surface area contributed by atoms with Crippen LogP contribution in [0.25, 0.3) is 0 Å². The van der Waals surface area contributed by atoms with Gasteiger partial charge in [-0.1, -0.05) is 82.3 Å². The molecule has 0 aliphatic carbocycles. The Morgan fingerprint density at radius 3 is 1.70 bits per heavy atom. The van der Waals surface area contributed by atoms with E-state index < -0.39 is 11.1 Å². The molecule has 3 aromatic rings. The highest BCUT2D eigenvalue weighted by Gasteiger charge is 2.55. The van der Waals surface area contributed by atoms with Gasteiger partial charge >= 0.3 is 0 Å². The fourth-order valence-corrected chi connectivity index (χ4v) is 5.22. The largest absolute Gasteiger partial charge is 0.351 e. The molecule has 1 heterocycles. The zero-order chi connectivity index (χ0) is 24.4. The molecule has 3 nitrogen and oxygen atoms in total. The van der Waals surface area contributed by atoms with Crippen molar-refractivity contribution in [1.29, 1.82) is 0 Å². The highest BCUT2D eigenvalue weighted by Crippen LogP contribution is 2.50. The first-order valence-corrected chi connectivity index (χ1v) is 12.1. The van der Waals surface area contributed by atoms with Crippen LogP contribution in [0.15, 0.2) is 72.9 Å². The molecule has 0 aliphatic heterocycles. The molecule has 0 bridgehead atoms. The van der Waals surface area contributed by atoms with E-state index >= 15 is 0 Å². The van der Waals surface area contributed by atoms with Crippen molar-refractivity contribution in [3.05, 3.63) is 95.3 Å². The lowest BCUT2D eigenvalue weighted by atomic mass is 9.70. The van der Waals surface area contributed by atoms with E-state index in [1.807, 2.05) is 36.4 Å². The van der Waals surface area contributed by atoms with Gasteiger partial charge in [0.15, 0.2) is 0 Å². The number of aromatic nitrogens is 1. The number of hydrogen-bond donors (Lipinski definition) is 0. The highest BCUT2D eigenvalue weighted by atomic mass is 16.3. The molecular formula is C30H39N2O. The molecule has 0 saturated heterocycles. The predicted octanol–water partition coefficient (Wildman–Crippen LogP) is 7.70. The lowest BCUT2D eigenvalue weighted by molar-refractivity contribution is -0.0559. The van der Waals surface area contributed by atoms with Crippen LogP contribution < -0.4 is 4.90 Å². The average molecular weight is 444 g/mol. The van der Waals surface area contributed by atoms with Crippen molar-refractivity contribution < 1.29 is 5.11 Å². The maximum atomic E-state index is 14.5. The topological polar surface area (TPSA) is 36.0 Å². The lowest BCUT2D eigenvalue weighted by Crippen LogP contribution is -2.62. The fraction of sp³-hybridized carbons (Fsp3) is 0.433. The zero-order valence-corrected chi connectivity index (χ0v) is 21.5. The summed E-state index contributed by atoms with van der Waals surface area (Å²) in [5, 5.41) is 14.5. The third-order valence-electron chi connectivity index (χ3n) is 6.56. The van der Waals surface area contributed by atoms with Gasteiger partial charge in [0, 0.05) is 17.9 Å². The minimum Gasteiger partial charge on any atom is -0.351 e. The van der Waals surface area contributed by atoms with Gasteiger partial charge in [-0.2, -0.15) is 0 Å². The van der Waals surface area contributed by atoms with E-state index in [9.17, 15) is 5.11 Å². The first-order valence-electron chi connectivity index (χ1n) is 12.1. The van der Waals surface area contributed by atoms with Crippen molar-refractivity contribution >= 4 is 5.69 Å². The number of pyridine rings is 1. The van der Waals surface area contributed by atoms with Crippen LogP contribution in [-0.4, -0.2) is 16.6 Å². The molecule has 3 rings (SSSR count). The SMILES string of the molecule is CC(C)c1cccc(C(C)C)c1N(C(C)C)C(c1ccccc1)(c1ccccn1)C(C)(C)[O]. The molecule has 33 heavy (non-hydrogen) atoms. The van der Waals surface area contributed by atoms with Gasteiger partial charge in [0.1, 0.15) is 11.1 Å². The standard InChI is InChI=1S/C30H39N2O/c1-21(2)25-17-14-18-26(22(3)4)28(25)32(23(5)6)30(29(7,8)33,24-15-10-9-11-16-24)27-19-12-13-20-31-27/h9-23H,1-8H3. The number of anilines is 1. The Morgan fingerprint density at radius 1 is 0.727 bits per heavy atom. The van der Waals surface area contributed by atoms with E-state index in [4.69, 9.17) is 4.98 Å². The third-order valence-corrected chi connectivity index (χ3v) is 6.56. The molecule has 3 heteroatoms. The minimum atomic E-state index is -1.40. The smallest absolute Gasteiger partial charge is 0.140 e. The molecule has 0 aliphatic rings. The summed E-state index contributed by atoms with van der Waals surface area (Å²) in [5.74, 6) is 0.624. The van der Waals surface area contributed by atoms with Gasteiger partial charge in [0.25, 0.3) is 0 Å². The van der Waals surface area contributed by atoms with Crippen molar-refractivity contribution in [1.82, 2.24) is 4.98 Å². The second-order valence-electron chi connectivity index (χ2n) is 10.4. The Balaban J connectivity index is 2.56. The Kier molecular flexibility index (Phi) is 7.33. The summed E-state index contributed by atoms with van der Waals surface area (Å²) in [6.07, 6.45) is 1.80. The number of benzene rings is 2.